The Bertz CT molecular complexity index is 339. The Labute approximate surface area is 82.1 Å². The van der Waals surface area contributed by atoms with E-state index in [0.717, 1.165) is 5.56 Å². The van der Waals surface area contributed by atoms with E-state index in [1.807, 2.05) is 0 Å². The second-order valence-corrected chi connectivity index (χ2v) is 3.02. The fraction of sp³-hybridized carbons (Fsp3) is 0.300. The molecule has 4 heteroatoms. The molecule has 0 atom stereocenters. The molecule has 0 heterocycles. The molecule has 0 aliphatic rings. The highest BCUT2D eigenvalue weighted by Gasteiger charge is 2.07. The van der Waals surface area contributed by atoms with E-state index >= 15 is 0 Å². The minimum atomic E-state index is -0.556. The molecule has 0 aromatic heterocycles. The third-order valence-corrected chi connectivity index (χ3v) is 1.88. The molecule has 3 nitrogen and oxygen atoms in total. The summed E-state index contributed by atoms with van der Waals surface area (Å²) in [6.07, 6.45) is 0. The summed E-state index contributed by atoms with van der Waals surface area (Å²) in [5, 5.41) is 2.45. The van der Waals surface area contributed by atoms with E-state index in [2.05, 4.69) is 5.32 Å². The number of carbonyl (C=O) groups is 1. The number of aryl methyl sites for hydroxylation is 1. The van der Waals surface area contributed by atoms with Crippen LogP contribution in [-0.4, -0.2) is 19.1 Å². The summed E-state index contributed by atoms with van der Waals surface area (Å²) >= 11 is 0. The quantitative estimate of drug-likeness (QED) is 0.715. The number of hydrogen-bond donors (Lipinski definition) is 2. The van der Waals surface area contributed by atoms with Crippen LogP contribution in [0.3, 0.4) is 0 Å². The van der Waals surface area contributed by atoms with Crippen molar-refractivity contribution >= 4 is 11.6 Å². The Morgan fingerprint density at radius 3 is 2.86 bits per heavy atom. The summed E-state index contributed by atoms with van der Waals surface area (Å²) in [7, 11) is 0. The molecule has 76 valence electrons. The average molecular weight is 196 g/mol. The second kappa shape index (κ2) is 4.60. The van der Waals surface area contributed by atoms with Gasteiger partial charge in [-0.3, -0.25) is 4.79 Å². The highest BCUT2D eigenvalue weighted by Crippen LogP contribution is 2.11. The third kappa shape index (κ3) is 2.45. The predicted octanol–water partition coefficient (Wildman–Crippen LogP) is 1.28. The number of carbonyl (C=O) groups excluding carboxylic acids is 1. The van der Waals surface area contributed by atoms with E-state index in [-0.39, 0.29) is 12.5 Å². The molecule has 0 saturated carbocycles. The van der Waals surface area contributed by atoms with Crippen molar-refractivity contribution in [3.05, 3.63) is 29.3 Å². The number of benzene rings is 1. The fourth-order valence-electron chi connectivity index (χ4n) is 1.20. The molecule has 3 N–H and O–H groups in total. The zero-order valence-corrected chi connectivity index (χ0v) is 8.01. The van der Waals surface area contributed by atoms with Gasteiger partial charge in [-0.15, -0.1) is 0 Å². The molecule has 0 radical (unpaired) electrons. The van der Waals surface area contributed by atoms with E-state index in [9.17, 15) is 9.18 Å². The lowest BCUT2D eigenvalue weighted by Crippen LogP contribution is -2.26. The summed E-state index contributed by atoms with van der Waals surface area (Å²) in [6.45, 7) is 1.28. The smallest absolute Gasteiger partial charge is 0.251 e. The fourth-order valence-corrected chi connectivity index (χ4v) is 1.20. The van der Waals surface area contributed by atoms with Crippen molar-refractivity contribution in [2.24, 2.45) is 0 Å². The third-order valence-electron chi connectivity index (χ3n) is 1.88. The van der Waals surface area contributed by atoms with Crippen LogP contribution < -0.4 is 11.1 Å². The van der Waals surface area contributed by atoms with Gasteiger partial charge >= 0.3 is 0 Å². The monoisotopic (exact) mass is 196 g/mol. The molecule has 14 heavy (non-hydrogen) atoms. The lowest BCUT2D eigenvalue weighted by Gasteiger charge is -2.06. The number of halogens is 1. The molecule has 0 aliphatic heterocycles. The largest absolute Gasteiger partial charge is 0.399 e. The van der Waals surface area contributed by atoms with E-state index in [1.54, 1.807) is 25.1 Å². The number of alkyl halides is 1. The zero-order chi connectivity index (χ0) is 10.6. The summed E-state index contributed by atoms with van der Waals surface area (Å²) in [5.74, 6) is -0.264. The van der Waals surface area contributed by atoms with Gasteiger partial charge in [0.2, 0.25) is 0 Å². The summed E-state index contributed by atoms with van der Waals surface area (Å²) in [6, 6.07) is 5.00. The van der Waals surface area contributed by atoms with Gasteiger partial charge in [0.05, 0.1) is 0 Å². The standard InChI is InChI=1S/C10H13FN2O/c1-7-6-8(12)2-3-9(7)10(14)13-5-4-11/h2-3,6H,4-5,12H2,1H3,(H,13,14). The van der Waals surface area contributed by atoms with Gasteiger partial charge in [0.25, 0.3) is 5.91 Å². The molecule has 0 spiro atoms. The summed E-state index contributed by atoms with van der Waals surface area (Å²) in [5.41, 5.74) is 7.48. The topological polar surface area (TPSA) is 55.1 Å². The number of rotatable bonds is 3. The molecular weight excluding hydrogens is 183 g/mol. The molecule has 1 aromatic carbocycles. The molecular formula is C10H13FN2O. The number of amides is 1. The van der Waals surface area contributed by atoms with Crippen molar-refractivity contribution in [3.63, 3.8) is 0 Å². The van der Waals surface area contributed by atoms with E-state index in [4.69, 9.17) is 5.73 Å². The SMILES string of the molecule is Cc1cc(N)ccc1C(=O)NCCF. The number of nitrogens with two attached hydrogens (primary N) is 1. The van der Waals surface area contributed by atoms with Crippen LogP contribution in [0.5, 0.6) is 0 Å². The van der Waals surface area contributed by atoms with Crippen LogP contribution in [-0.2, 0) is 0 Å². The first kappa shape index (κ1) is 10.5. The Morgan fingerprint density at radius 1 is 1.57 bits per heavy atom. The lowest BCUT2D eigenvalue weighted by atomic mass is 10.1. The molecule has 0 aliphatic carbocycles. The van der Waals surface area contributed by atoms with E-state index in [1.165, 1.54) is 0 Å². The van der Waals surface area contributed by atoms with Gasteiger partial charge in [-0.25, -0.2) is 4.39 Å². The number of nitrogen functional groups attached to an aromatic ring is 1. The Morgan fingerprint density at radius 2 is 2.29 bits per heavy atom. The molecule has 0 fully saturated rings. The molecule has 0 bridgehead atoms. The molecule has 1 rings (SSSR count). The zero-order valence-electron chi connectivity index (χ0n) is 8.01. The first-order valence-corrected chi connectivity index (χ1v) is 4.35. The van der Waals surface area contributed by atoms with Crippen molar-refractivity contribution in [3.8, 4) is 0 Å². The first-order chi connectivity index (χ1) is 6.65. The van der Waals surface area contributed by atoms with Crippen LogP contribution in [0, 0.1) is 6.92 Å². The van der Waals surface area contributed by atoms with Crippen molar-refractivity contribution in [2.45, 2.75) is 6.92 Å². The minimum Gasteiger partial charge on any atom is -0.399 e. The first-order valence-electron chi connectivity index (χ1n) is 4.35. The molecule has 0 unspecified atom stereocenters. The van der Waals surface area contributed by atoms with E-state index < -0.39 is 6.67 Å². The number of nitrogens with one attached hydrogen (secondary N) is 1. The number of hydrogen-bond acceptors (Lipinski definition) is 2. The van der Waals surface area contributed by atoms with Crippen LogP contribution in [0.15, 0.2) is 18.2 Å². The highest BCUT2D eigenvalue weighted by molar-refractivity contribution is 5.95. The maximum atomic E-state index is 11.8. The van der Waals surface area contributed by atoms with Gasteiger partial charge in [-0.1, -0.05) is 0 Å². The van der Waals surface area contributed by atoms with Gasteiger partial charge < -0.3 is 11.1 Å². The van der Waals surface area contributed by atoms with Gasteiger partial charge in [-0.2, -0.15) is 0 Å². The van der Waals surface area contributed by atoms with Gasteiger partial charge in [0.1, 0.15) is 6.67 Å². The van der Waals surface area contributed by atoms with Crippen molar-refractivity contribution in [1.29, 1.82) is 0 Å². The summed E-state index contributed by atoms with van der Waals surface area (Å²) in [4.78, 5) is 11.4. The lowest BCUT2D eigenvalue weighted by molar-refractivity contribution is 0.0950. The van der Waals surface area contributed by atoms with Crippen LogP contribution in [0.4, 0.5) is 10.1 Å². The molecule has 1 amide bonds. The number of anilines is 1. The van der Waals surface area contributed by atoms with Gasteiger partial charge in [-0.05, 0) is 30.7 Å². The second-order valence-electron chi connectivity index (χ2n) is 3.02. The van der Waals surface area contributed by atoms with E-state index in [0.29, 0.717) is 11.3 Å². The minimum absolute atomic E-state index is 0.0443. The molecule has 1 aromatic rings. The van der Waals surface area contributed by atoms with Gasteiger partial charge in [0.15, 0.2) is 0 Å². The maximum absolute atomic E-state index is 11.8. The van der Waals surface area contributed by atoms with Crippen molar-refractivity contribution in [2.75, 3.05) is 19.0 Å². The Kier molecular flexibility index (Phi) is 3.45. The maximum Gasteiger partial charge on any atom is 0.251 e. The predicted molar refractivity (Wildman–Crippen MR) is 53.9 cm³/mol. The van der Waals surface area contributed by atoms with Crippen molar-refractivity contribution < 1.29 is 9.18 Å². The normalized spacial score (nSPS) is 9.86. The van der Waals surface area contributed by atoms with Crippen molar-refractivity contribution in [1.82, 2.24) is 5.32 Å². The van der Waals surface area contributed by atoms with Gasteiger partial charge in [0, 0.05) is 17.8 Å². The summed E-state index contributed by atoms with van der Waals surface area (Å²) < 4.78 is 11.8. The van der Waals surface area contributed by atoms with Crippen LogP contribution in [0.25, 0.3) is 0 Å². The average Bonchev–Trinajstić information content (AvgIpc) is 2.14. The Balaban J connectivity index is 2.80. The molecule has 0 saturated heterocycles. The highest BCUT2D eigenvalue weighted by atomic mass is 19.1. The van der Waals surface area contributed by atoms with Crippen LogP contribution in [0.1, 0.15) is 15.9 Å². The Hall–Kier alpha value is -1.58. The van der Waals surface area contributed by atoms with Crippen LogP contribution in [0.2, 0.25) is 0 Å². The van der Waals surface area contributed by atoms with Crippen LogP contribution >= 0.6 is 0 Å².